The van der Waals surface area contributed by atoms with E-state index < -0.39 is 0 Å². The van der Waals surface area contributed by atoms with E-state index in [1.165, 1.54) is 16.7 Å². The molecule has 0 saturated carbocycles. The van der Waals surface area contributed by atoms with Gasteiger partial charge in [0.15, 0.2) is 13.1 Å². The van der Waals surface area contributed by atoms with Crippen molar-refractivity contribution in [2.75, 3.05) is 20.5 Å². The fourth-order valence-electron chi connectivity index (χ4n) is 3.20. The van der Waals surface area contributed by atoms with Crippen LogP contribution in [0.5, 0.6) is 11.5 Å². The standard InChI is InChI=1S/C23H33NO4/c1-8-26-18(6)28-20-11-16(4)21(17(5)12-20)13-19-9-10-22(27-14-25-7)23(24-19)15(2)3/h9-12,15,18H,8,13-14H2,1-7H3. The highest BCUT2D eigenvalue weighted by atomic mass is 16.7. The Bertz CT molecular complexity index is 750. The van der Waals surface area contributed by atoms with Crippen molar-refractivity contribution in [2.24, 2.45) is 0 Å². The van der Waals surface area contributed by atoms with Crippen molar-refractivity contribution in [2.45, 2.75) is 60.2 Å². The summed E-state index contributed by atoms with van der Waals surface area (Å²) in [5.41, 5.74) is 5.62. The van der Waals surface area contributed by atoms with Crippen LogP contribution in [-0.2, 0) is 15.9 Å². The van der Waals surface area contributed by atoms with Gasteiger partial charge in [0.05, 0.1) is 5.69 Å². The van der Waals surface area contributed by atoms with Gasteiger partial charge in [-0.05, 0) is 74.6 Å². The average molecular weight is 388 g/mol. The summed E-state index contributed by atoms with van der Waals surface area (Å²) in [6, 6.07) is 8.15. The molecule has 0 saturated heterocycles. The molecule has 0 fully saturated rings. The fraction of sp³-hybridized carbons (Fsp3) is 0.522. The van der Waals surface area contributed by atoms with Crippen LogP contribution in [0.15, 0.2) is 24.3 Å². The van der Waals surface area contributed by atoms with Gasteiger partial charge in [-0.25, -0.2) is 0 Å². The first kappa shape index (κ1) is 22.2. The van der Waals surface area contributed by atoms with Crippen LogP contribution in [0.3, 0.4) is 0 Å². The molecule has 0 aliphatic heterocycles. The summed E-state index contributed by atoms with van der Waals surface area (Å²) in [4.78, 5) is 4.87. The third kappa shape index (κ3) is 5.94. The van der Waals surface area contributed by atoms with Crippen molar-refractivity contribution in [3.63, 3.8) is 0 Å². The number of benzene rings is 1. The molecule has 1 heterocycles. The Morgan fingerprint density at radius 1 is 1.04 bits per heavy atom. The second kappa shape index (κ2) is 10.4. The molecule has 0 aliphatic rings. The number of nitrogens with zero attached hydrogens (tertiary/aromatic N) is 1. The molecule has 0 bridgehead atoms. The normalized spacial score (nSPS) is 12.3. The Morgan fingerprint density at radius 2 is 1.71 bits per heavy atom. The summed E-state index contributed by atoms with van der Waals surface area (Å²) in [5.74, 6) is 1.88. The van der Waals surface area contributed by atoms with Crippen LogP contribution in [0.25, 0.3) is 0 Å². The third-order valence-corrected chi connectivity index (χ3v) is 4.55. The molecule has 1 atom stereocenters. The predicted molar refractivity (Wildman–Crippen MR) is 111 cm³/mol. The monoisotopic (exact) mass is 387 g/mol. The predicted octanol–water partition coefficient (Wildman–Crippen LogP) is 5.16. The van der Waals surface area contributed by atoms with E-state index in [-0.39, 0.29) is 19.0 Å². The summed E-state index contributed by atoms with van der Waals surface area (Å²) in [6.07, 6.45) is 0.507. The lowest BCUT2D eigenvalue weighted by Gasteiger charge is -2.18. The summed E-state index contributed by atoms with van der Waals surface area (Å²) < 4.78 is 22.0. The van der Waals surface area contributed by atoms with Gasteiger partial charge in [-0.1, -0.05) is 13.8 Å². The first-order chi connectivity index (χ1) is 13.3. The van der Waals surface area contributed by atoms with Gasteiger partial charge in [-0.2, -0.15) is 0 Å². The number of aromatic nitrogens is 1. The number of hydrogen-bond donors (Lipinski definition) is 0. The molecule has 5 nitrogen and oxygen atoms in total. The number of hydrogen-bond acceptors (Lipinski definition) is 5. The molecular weight excluding hydrogens is 354 g/mol. The van der Waals surface area contributed by atoms with Crippen molar-refractivity contribution in [1.29, 1.82) is 0 Å². The lowest BCUT2D eigenvalue weighted by molar-refractivity contribution is -0.0613. The zero-order valence-corrected chi connectivity index (χ0v) is 18.2. The van der Waals surface area contributed by atoms with Crippen molar-refractivity contribution in [1.82, 2.24) is 4.98 Å². The largest absolute Gasteiger partial charge is 0.466 e. The Balaban J connectivity index is 2.24. The van der Waals surface area contributed by atoms with Crippen LogP contribution in [0.1, 0.15) is 61.7 Å². The third-order valence-electron chi connectivity index (χ3n) is 4.55. The maximum atomic E-state index is 5.86. The summed E-state index contributed by atoms with van der Waals surface area (Å²) in [7, 11) is 1.62. The zero-order chi connectivity index (χ0) is 20.7. The molecule has 0 N–H and O–H groups in total. The average Bonchev–Trinajstić information content (AvgIpc) is 2.63. The molecule has 0 aliphatic carbocycles. The first-order valence-electron chi connectivity index (χ1n) is 9.85. The lowest BCUT2D eigenvalue weighted by Crippen LogP contribution is -2.16. The minimum atomic E-state index is -0.260. The first-order valence-corrected chi connectivity index (χ1v) is 9.85. The molecule has 0 spiro atoms. The van der Waals surface area contributed by atoms with Crippen molar-refractivity contribution < 1.29 is 18.9 Å². The van der Waals surface area contributed by atoms with Gasteiger partial charge in [0.25, 0.3) is 0 Å². The smallest absolute Gasteiger partial charge is 0.196 e. The number of methoxy groups -OCH3 is 1. The quantitative estimate of drug-likeness (QED) is 0.527. The van der Waals surface area contributed by atoms with E-state index in [2.05, 4.69) is 39.8 Å². The highest BCUT2D eigenvalue weighted by molar-refractivity contribution is 5.43. The van der Waals surface area contributed by atoms with Gasteiger partial charge in [0.2, 0.25) is 0 Å². The summed E-state index contributed by atoms with van der Waals surface area (Å²) in [5, 5.41) is 0. The maximum Gasteiger partial charge on any atom is 0.196 e. The van der Waals surface area contributed by atoms with Crippen LogP contribution in [0, 0.1) is 13.8 Å². The van der Waals surface area contributed by atoms with E-state index in [0.717, 1.165) is 29.3 Å². The number of pyridine rings is 1. The van der Waals surface area contributed by atoms with E-state index in [4.69, 9.17) is 23.9 Å². The van der Waals surface area contributed by atoms with Crippen LogP contribution >= 0.6 is 0 Å². The Morgan fingerprint density at radius 3 is 2.29 bits per heavy atom. The lowest BCUT2D eigenvalue weighted by atomic mass is 9.97. The molecule has 28 heavy (non-hydrogen) atoms. The van der Waals surface area contributed by atoms with Crippen molar-refractivity contribution in [3.05, 3.63) is 52.3 Å². The molecule has 2 rings (SSSR count). The van der Waals surface area contributed by atoms with E-state index >= 15 is 0 Å². The van der Waals surface area contributed by atoms with E-state index in [9.17, 15) is 0 Å². The second-order valence-corrected chi connectivity index (χ2v) is 7.24. The summed E-state index contributed by atoms with van der Waals surface area (Å²) >= 11 is 0. The van der Waals surface area contributed by atoms with E-state index in [0.29, 0.717) is 6.61 Å². The Kier molecular flexibility index (Phi) is 8.27. The number of aryl methyl sites for hydroxylation is 2. The highest BCUT2D eigenvalue weighted by Crippen LogP contribution is 2.28. The minimum Gasteiger partial charge on any atom is -0.466 e. The van der Waals surface area contributed by atoms with Gasteiger partial charge >= 0.3 is 0 Å². The molecule has 1 unspecified atom stereocenters. The van der Waals surface area contributed by atoms with Gasteiger partial charge < -0.3 is 18.9 Å². The minimum absolute atomic E-state index is 0.223. The van der Waals surface area contributed by atoms with Gasteiger partial charge in [-0.15, -0.1) is 0 Å². The van der Waals surface area contributed by atoms with Gasteiger partial charge in [0.1, 0.15) is 11.5 Å². The zero-order valence-electron chi connectivity index (χ0n) is 18.2. The number of rotatable bonds is 10. The van der Waals surface area contributed by atoms with Crippen molar-refractivity contribution >= 4 is 0 Å². The van der Waals surface area contributed by atoms with Crippen LogP contribution in [-0.4, -0.2) is 31.8 Å². The van der Waals surface area contributed by atoms with Gasteiger partial charge in [0, 0.05) is 25.8 Å². The molecule has 1 aromatic carbocycles. The van der Waals surface area contributed by atoms with Crippen LogP contribution in [0.4, 0.5) is 0 Å². The molecular formula is C23H33NO4. The number of ether oxygens (including phenoxy) is 4. The molecule has 154 valence electrons. The summed E-state index contributed by atoms with van der Waals surface area (Å²) in [6.45, 7) is 13.2. The topological polar surface area (TPSA) is 49.8 Å². The second-order valence-electron chi connectivity index (χ2n) is 7.24. The fourth-order valence-corrected chi connectivity index (χ4v) is 3.20. The maximum absolute atomic E-state index is 5.86. The Labute approximate surface area is 169 Å². The molecule has 1 aromatic heterocycles. The van der Waals surface area contributed by atoms with Gasteiger partial charge in [-0.3, -0.25) is 4.98 Å². The molecule has 2 aromatic rings. The van der Waals surface area contributed by atoms with E-state index in [1.807, 2.05) is 26.0 Å². The van der Waals surface area contributed by atoms with E-state index in [1.54, 1.807) is 7.11 Å². The molecule has 0 radical (unpaired) electrons. The molecule has 0 amide bonds. The SMILES string of the molecule is CCOC(C)Oc1cc(C)c(Cc2ccc(OCOC)c(C(C)C)n2)c(C)c1. The Hall–Kier alpha value is -2.11. The highest BCUT2D eigenvalue weighted by Gasteiger charge is 2.14. The van der Waals surface area contributed by atoms with Crippen LogP contribution < -0.4 is 9.47 Å². The molecule has 5 heteroatoms. The van der Waals surface area contributed by atoms with Crippen LogP contribution in [0.2, 0.25) is 0 Å². The van der Waals surface area contributed by atoms with Crippen molar-refractivity contribution in [3.8, 4) is 11.5 Å².